The van der Waals surface area contributed by atoms with Crippen LogP contribution in [0.2, 0.25) is 0 Å². The number of halogens is 1. The van der Waals surface area contributed by atoms with Crippen LogP contribution < -0.4 is 15.5 Å². The molecule has 4 aromatic rings. The Morgan fingerprint density at radius 3 is 2.73 bits per heavy atom. The summed E-state index contributed by atoms with van der Waals surface area (Å²) in [5.41, 5.74) is 3.03. The van der Waals surface area contributed by atoms with Gasteiger partial charge in [-0.15, -0.1) is 0 Å². The van der Waals surface area contributed by atoms with Crippen LogP contribution in [0.5, 0.6) is 0 Å². The molecule has 1 fully saturated rings. The van der Waals surface area contributed by atoms with E-state index in [0.717, 1.165) is 35.7 Å². The molecule has 5 rings (SSSR count). The first-order valence-electron chi connectivity index (χ1n) is 11.0. The summed E-state index contributed by atoms with van der Waals surface area (Å²) >= 11 is 0. The minimum atomic E-state index is -0.498. The Morgan fingerprint density at radius 2 is 1.97 bits per heavy atom. The molecule has 0 saturated carbocycles. The highest BCUT2D eigenvalue weighted by atomic mass is 19.1. The first kappa shape index (κ1) is 21.3. The van der Waals surface area contributed by atoms with Gasteiger partial charge in [0, 0.05) is 60.9 Å². The first-order chi connectivity index (χ1) is 15.8. The van der Waals surface area contributed by atoms with Gasteiger partial charge in [0.05, 0.1) is 22.5 Å². The average molecular weight is 448 g/mol. The second-order valence-corrected chi connectivity index (χ2v) is 8.78. The molecule has 0 spiro atoms. The summed E-state index contributed by atoms with van der Waals surface area (Å²) in [6.07, 6.45) is 4.89. The monoisotopic (exact) mass is 447 g/mol. The van der Waals surface area contributed by atoms with Gasteiger partial charge in [0.25, 0.3) is 5.91 Å². The Labute approximate surface area is 190 Å². The van der Waals surface area contributed by atoms with Crippen LogP contribution in [0.4, 0.5) is 15.9 Å². The highest BCUT2D eigenvalue weighted by molar-refractivity contribution is 6.13. The second-order valence-electron chi connectivity index (χ2n) is 8.78. The Balaban J connectivity index is 1.51. The molecular formula is C24H26FN7O. The van der Waals surface area contributed by atoms with E-state index in [4.69, 9.17) is 0 Å². The third-order valence-corrected chi connectivity index (χ3v) is 6.13. The topological polar surface area (TPSA) is 87.5 Å². The van der Waals surface area contributed by atoms with E-state index in [1.165, 1.54) is 6.07 Å². The van der Waals surface area contributed by atoms with Crippen LogP contribution in [-0.2, 0) is 0 Å². The Hall–Kier alpha value is -3.59. The van der Waals surface area contributed by atoms with Gasteiger partial charge in [0.1, 0.15) is 5.82 Å². The predicted molar refractivity (Wildman–Crippen MR) is 126 cm³/mol. The van der Waals surface area contributed by atoms with Crippen LogP contribution in [0, 0.1) is 19.7 Å². The largest absolute Gasteiger partial charge is 0.353 e. The van der Waals surface area contributed by atoms with Crippen molar-refractivity contribution in [1.82, 2.24) is 24.7 Å². The summed E-state index contributed by atoms with van der Waals surface area (Å²) in [7, 11) is 0. The van der Waals surface area contributed by atoms with Crippen molar-refractivity contribution >= 4 is 34.0 Å². The summed E-state index contributed by atoms with van der Waals surface area (Å²) in [5, 5.41) is 7.14. The maximum Gasteiger partial charge on any atom is 0.259 e. The number of piperazine rings is 1. The van der Waals surface area contributed by atoms with Gasteiger partial charge >= 0.3 is 0 Å². The van der Waals surface area contributed by atoms with Gasteiger partial charge < -0.3 is 15.5 Å². The summed E-state index contributed by atoms with van der Waals surface area (Å²) in [6.45, 7) is 9.60. The molecule has 8 nitrogen and oxygen atoms in total. The van der Waals surface area contributed by atoms with Crippen LogP contribution in [0.3, 0.4) is 0 Å². The van der Waals surface area contributed by atoms with E-state index in [-0.39, 0.29) is 5.65 Å². The average Bonchev–Trinajstić information content (AvgIpc) is 3.06. The standard InChI is InChI=1S/C24H26FN7O/c1-13-10-31(11-14(2)28-13)22-18-6-5-7-26-21(18)19(9-27-22)24(33)30-17-8-20(25)23-29-15(3)16(4)32(23)12-17/h5-9,12-14,28H,10-11H2,1-4H3,(H,30,33)/t13-,14-/m0/s1. The minimum absolute atomic E-state index is 0.237. The van der Waals surface area contributed by atoms with E-state index in [0.29, 0.717) is 28.9 Å². The van der Waals surface area contributed by atoms with Gasteiger partial charge in [-0.1, -0.05) is 0 Å². The second kappa shape index (κ2) is 8.08. The minimum Gasteiger partial charge on any atom is -0.353 e. The number of anilines is 2. The number of pyridine rings is 3. The number of hydrogen-bond acceptors (Lipinski definition) is 6. The fourth-order valence-electron chi connectivity index (χ4n) is 4.57. The molecule has 1 aliphatic heterocycles. The molecule has 0 bridgehead atoms. The molecule has 0 aliphatic carbocycles. The number of nitrogens with zero attached hydrogens (tertiary/aromatic N) is 5. The predicted octanol–water partition coefficient (Wildman–Crippen LogP) is 3.47. The summed E-state index contributed by atoms with van der Waals surface area (Å²) in [5.74, 6) is -0.0812. The molecule has 2 N–H and O–H groups in total. The molecule has 0 unspecified atom stereocenters. The van der Waals surface area contributed by atoms with E-state index in [2.05, 4.69) is 44.3 Å². The normalized spacial score (nSPS) is 18.8. The Morgan fingerprint density at radius 1 is 1.21 bits per heavy atom. The molecule has 0 radical (unpaired) electrons. The number of amides is 1. The maximum atomic E-state index is 14.6. The molecule has 9 heteroatoms. The molecule has 1 aliphatic rings. The summed E-state index contributed by atoms with van der Waals surface area (Å²) < 4.78 is 16.2. The lowest BCUT2D eigenvalue weighted by molar-refractivity contribution is 0.102. The van der Waals surface area contributed by atoms with Crippen LogP contribution in [-0.4, -0.2) is 50.4 Å². The number of carbonyl (C=O) groups excluding carboxylic acids is 1. The van der Waals surface area contributed by atoms with Crippen molar-refractivity contribution in [2.75, 3.05) is 23.3 Å². The lowest BCUT2D eigenvalue weighted by Crippen LogP contribution is -2.54. The molecular weight excluding hydrogens is 421 g/mol. The van der Waals surface area contributed by atoms with Crippen LogP contribution in [0.25, 0.3) is 16.6 Å². The van der Waals surface area contributed by atoms with Crippen molar-refractivity contribution < 1.29 is 9.18 Å². The van der Waals surface area contributed by atoms with Crippen LogP contribution in [0.1, 0.15) is 35.6 Å². The first-order valence-corrected chi connectivity index (χ1v) is 11.0. The molecule has 33 heavy (non-hydrogen) atoms. The lowest BCUT2D eigenvalue weighted by atomic mass is 10.1. The fraction of sp³-hybridized carbons (Fsp3) is 0.333. The van der Waals surface area contributed by atoms with Gasteiger partial charge in [-0.05, 0) is 39.8 Å². The van der Waals surface area contributed by atoms with Gasteiger partial charge in [-0.2, -0.15) is 0 Å². The van der Waals surface area contributed by atoms with Crippen molar-refractivity contribution in [3.8, 4) is 0 Å². The summed E-state index contributed by atoms with van der Waals surface area (Å²) in [4.78, 5) is 28.8. The van der Waals surface area contributed by atoms with Crippen molar-refractivity contribution in [3.05, 3.63) is 59.6 Å². The van der Waals surface area contributed by atoms with Crippen molar-refractivity contribution in [2.24, 2.45) is 0 Å². The third kappa shape index (κ3) is 3.78. The summed E-state index contributed by atoms with van der Waals surface area (Å²) in [6, 6.07) is 5.70. The van der Waals surface area contributed by atoms with E-state index in [9.17, 15) is 9.18 Å². The smallest absolute Gasteiger partial charge is 0.259 e. The molecule has 1 amide bonds. The van der Waals surface area contributed by atoms with E-state index in [1.54, 1.807) is 23.0 Å². The number of fused-ring (bicyclic) bond motifs is 2. The molecule has 4 aromatic heterocycles. The molecule has 0 aromatic carbocycles. The SMILES string of the molecule is Cc1nc2c(F)cc(NC(=O)c3cnc(N4C[C@H](C)N[C@@H](C)C4)c4cccnc34)cn2c1C. The maximum absolute atomic E-state index is 14.6. The van der Waals surface area contributed by atoms with Gasteiger partial charge in [-0.3, -0.25) is 14.2 Å². The van der Waals surface area contributed by atoms with Crippen molar-refractivity contribution in [3.63, 3.8) is 0 Å². The van der Waals surface area contributed by atoms with Gasteiger partial charge in [0.15, 0.2) is 11.5 Å². The zero-order valence-electron chi connectivity index (χ0n) is 19.1. The van der Waals surface area contributed by atoms with Gasteiger partial charge in [-0.25, -0.2) is 14.4 Å². The third-order valence-electron chi connectivity index (χ3n) is 6.13. The van der Waals surface area contributed by atoms with Crippen molar-refractivity contribution in [1.29, 1.82) is 0 Å². The van der Waals surface area contributed by atoms with E-state index in [1.807, 2.05) is 26.0 Å². The molecule has 5 heterocycles. The molecule has 1 saturated heterocycles. The number of aromatic nitrogens is 4. The quantitative estimate of drug-likeness (QED) is 0.500. The van der Waals surface area contributed by atoms with Crippen molar-refractivity contribution in [2.45, 2.75) is 39.8 Å². The highest BCUT2D eigenvalue weighted by Crippen LogP contribution is 2.28. The van der Waals surface area contributed by atoms with Gasteiger partial charge in [0.2, 0.25) is 0 Å². The van der Waals surface area contributed by atoms with E-state index >= 15 is 0 Å². The number of rotatable bonds is 3. The number of hydrogen-bond donors (Lipinski definition) is 2. The zero-order chi connectivity index (χ0) is 23.3. The van der Waals surface area contributed by atoms with Crippen LogP contribution >= 0.6 is 0 Å². The number of carbonyl (C=O) groups is 1. The molecule has 2 atom stereocenters. The number of nitrogens with one attached hydrogen (secondary N) is 2. The fourth-order valence-corrected chi connectivity index (χ4v) is 4.57. The Kier molecular flexibility index (Phi) is 5.20. The number of aryl methyl sites for hydroxylation is 2. The lowest BCUT2D eigenvalue weighted by Gasteiger charge is -2.37. The zero-order valence-corrected chi connectivity index (χ0v) is 19.1. The van der Waals surface area contributed by atoms with E-state index < -0.39 is 11.7 Å². The molecule has 170 valence electrons. The highest BCUT2D eigenvalue weighted by Gasteiger charge is 2.25. The van der Waals surface area contributed by atoms with Crippen LogP contribution in [0.15, 0.2) is 36.8 Å². The Bertz CT molecular complexity index is 1370. The number of imidazole rings is 1.